The van der Waals surface area contributed by atoms with Gasteiger partial charge in [0, 0.05) is 11.8 Å². The van der Waals surface area contributed by atoms with Gasteiger partial charge in [-0.2, -0.15) is 0 Å². The van der Waals surface area contributed by atoms with Crippen LogP contribution in [0.2, 0.25) is 0 Å². The van der Waals surface area contributed by atoms with E-state index in [4.69, 9.17) is 14.2 Å². The molecule has 0 aromatic heterocycles. The van der Waals surface area contributed by atoms with Crippen LogP contribution < -0.4 is 14.8 Å². The van der Waals surface area contributed by atoms with E-state index in [-0.39, 0.29) is 5.91 Å². The molecule has 0 heterocycles. The fourth-order valence-corrected chi connectivity index (χ4v) is 3.31. The molecule has 0 spiro atoms. The van der Waals surface area contributed by atoms with Gasteiger partial charge in [-0.25, -0.2) is 4.79 Å². The molecule has 0 bridgehead atoms. The number of benzene rings is 3. The van der Waals surface area contributed by atoms with Crippen molar-refractivity contribution in [3.8, 4) is 11.5 Å². The van der Waals surface area contributed by atoms with Gasteiger partial charge >= 0.3 is 5.97 Å². The van der Waals surface area contributed by atoms with E-state index in [1.165, 1.54) is 6.08 Å². The molecule has 0 saturated carbocycles. The minimum absolute atomic E-state index is 0.319. The second-order valence-electron chi connectivity index (χ2n) is 8.02. The van der Waals surface area contributed by atoms with Crippen LogP contribution >= 0.6 is 0 Å². The van der Waals surface area contributed by atoms with Crippen LogP contribution in [-0.4, -0.2) is 25.6 Å². The van der Waals surface area contributed by atoms with Crippen molar-refractivity contribution in [2.45, 2.75) is 33.3 Å². The lowest BCUT2D eigenvalue weighted by Gasteiger charge is -2.12. The van der Waals surface area contributed by atoms with E-state index in [9.17, 15) is 9.59 Å². The Morgan fingerprint density at radius 1 is 0.971 bits per heavy atom. The summed E-state index contributed by atoms with van der Waals surface area (Å²) in [6.45, 7) is 4.90. The summed E-state index contributed by atoms with van der Waals surface area (Å²) in [7, 11) is 1.58. The molecular weight excluding hydrogens is 442 g/mol. The van der Waals surface area contributed by atoms with Crippen LogP contribution in [0, 0.1) is 6.92 Å². The maximum atomic E-state index is 12.4. The Morgan fingerprint density at radius 3 is 2.57 bits per heavy atom. The number of esters is 1. The maximum Gasteiger partial charge on any atom is 0.338 e. The average Bonchev–Trinajstić information content (AvgIpc) is 2.87. The molecule has 0 aliphatic rings. The molecule has 0 radical (unpaired) electrons. The second kappa shape index (κ2) is 13.0. The Balaban J connectivity index is 1.60. The van der Waals surface area contributed by atoms with Crippen molar-refractivity contribution in [3.63, 3.8) is 0 Å². The Kier molecular flexibility index (Phi) is 9.49. The maximum absolute atomic E-state index is 12.4. The standard InChI is InChI=1S/C29H31NO5/c1-4-5-17-34-29(32)23-11-8-12-25(19-23)30-28(31)16-14-22-13-15-26(27(18-22)33-3)35-20-24-10-7-6-9-21(24)2/h6-16,18-19H,4-5,17,20H2,1-3H3,(H,30,31)/b16-14+. The normalized spacial score (nSPS) is 10.7. The quantitative estimate of drug-likeness (QED) is 0.204. The third kappa shape index (κ3) is 7.74. The lowest BCUT2D eigenvalue weighted by molar-refractivity contribution is -0.111. The molecular formula is C29H31NO5. The van der Waals surface area contributed by atoms with Gasteiger partial charge in [0.25, 0.3) is 0 Å². The van der Waals surface area contributed by atoms with E-state index in [2.05, 4.69) is 5.32 Å². The van der Waals surface area contributed by atoms with Crippen LogP contribution in [0.5, 0.6) is 11.5 Å². The summed E-state index contributed by atoms with van der Waals surface area (Å²) in [4.78, 5) is 24.5. The van der Waals surface area contributed by atoms with Crippen molar-refractivity contribution in [2.75, 3.05) is 19.0 Å². The first kappa shape index (κ1) is 25.6. The van der Waals surface area contributed by atoms with E-state index in [1.807, 2.05) is 56.3 Å². The predicted octanol–water partition coefficient (Wildman–Crippen LogP) is 6.19. The van der Waals surface area contributed by atoms with E-state index in [1.54, 1.807) is 37.5 Å². The number of hydrogen-bond donors (Lipinski definition) is 1. The van der Waals surface area contributed by atoms with E-state index in [0.29, 0.717) is 36.0 Å². The third-order valence-corrected chi connectivity index (χ3v) is 5.36. The first-order valence-electron chi connectivity index (χ1n) is 11.6. The zero-order chi connectivity index (χ0) is 25.0. The summed E-state index contributed by atoms with van der Waals surface area (Å²) in [5, 5.41) is 2.77. The topological polar surface area (TPSA) is 73.9 Å². The number of unbranched alkanes of at least 4 members (excludes halogenated alkanes) is 1. The van der Waals surface area contributed by atoms with Crippen LogP contribution in [0.4, 0.5) is 5.69 Å². The zero-order valence-corrected chi connectivity index (χ0v) is 20.4. The number of hydrogen-bond acceptors (Lipinski definition) is 5. The van der Waals surface area contributed by atoms with Crippen molar-refractivity contribution in [3.05, 3.63) is 95.1 Å². The molecule has 0 fully saturated rings. The highest BCUT2D eigenvalue weighted by Gasteiger charge is 2.09. The fourth-order valence-electron chi connectivity index (χ4n) is 3.31. The summed E-state index contributed by atoms with van der Waals surface area (Å²) < 4.78 is 16.6. The Morgan fingerprint density at radius 2 is 1.80 bits per heavy atom. The SMILES string of the molecule is CCCCOC(=O)c1cccc(NC(=O)/C=C/c2ccc(OCc3ccccc3C)c(OC)c2)c1. The zero-order valence-electron chi connectivity index (χ0n) is 20.4. The van der Waals surface area contributed by atoms with Crippen LogP contribution in [0.1, 0.15) is 46.8 Å². The van der Waals surface area contributed by atoms with E-state index >= 15 is 0 Å². The molecule has 3 rings (SSSR count). The minimum Gasteiger partial charge on any atom is -0.493 e. The van der Waals surface area contributed by atoms with Gasteiger partial charge in [-0.15, -0.1) is 0 Å². The van der Waals surface area contributed by atoms with Gasteiger partial charge in [0.2, 0.25) is 5.91 Å². The van der Waals surface area contributed by atoms with E-state index in [0.717, 1.165) is 29.5 Å². The number of ether oxygens (including phenoxy) is 3. The lowest BCUT2D eigenvalue weighted by Crippen LogP contribution is -2.10. The van der Waals surface area contributed by atoms with Gasteiger partial charge in [0.05, 0.1) is 19.3 Å². The number of carbonyl (C=O) groups excluding carboxylic acids is 2. The Hall–Kier alpha value is -4.06. The molecule has 0 saturated heterocycles. The smallest absolute Gasteiger partial charge is 0.338 e. The Bertz CT molecular complexity index is 1190. The van der Waals surface area contributed by atoms with E-state index < -0.39 is 5.97 Å². The molecule has 182 valence electrons. The van der Waals surface area contributed by atoms with Crippen LogP contribution in [0.25, 0.3) is 6.08 Å². The number of anilines is 1. The molecule has 3 aromatic rings. The molecule has 35 heavy (non-hydrogen) atoms. The summed E-state index contributed by atoms with van der Waals surface area (Å²) in [6, 6.07) is 20.2. The molecule has 0 aliphatic heterocycles. The lowest BCUT2D eigenvalue weighted by atomic mass is 10.1. The summed E-state index contributed by atoms with van der Waals surface area (Å²) in [5.41, 5.74) is 3.97. The van der Waals surface area contributed by atoms with Gasteiger partial charge < -0.3 is 19.5 Å². The molecule has 6 heteroatoms. The Labute approximate surface area is 206 Å². The van der Waals surface area contributed by atoms with Gasteiger partial charge in [-0.1, -0.05) is 49.7 Å². The summed E-state index contributed by atoms with van der Waals surface area (Å²) in [6.07, 6.45) is 4.88. The highest BCUT2D eigenvalue weighted by Crippen LogP contribution is 2.29. The minimum atomic E-state index is -0.401. The largest absolute Gasteiger partial charge is 0.493 e. The monoisotopic (exact) mass is 473 g/mol. The molecule has 6 nitrogen and oxygen atoms in total. The van der Waals surface area contributed by atoms with Crippen molar-refractivity contribution in [2.24, 2.45) is 0 Å². The van der Waals surface area contributed by atoms with Gasteiger partial charge in [0.15, 0.2) is 11.5 Å². The highest BCUT2D eigenvalue weighted by atomic mass is 16.5. The molecule has 1 N–H and O–H groups in total. The third-order valence-electron chi connectivity index (χ3n) is 5.36. The van der Waals surface area contributed by atoms with Crippen molar-refractivity contribution in [1.82, 2.24) is 0 Å². The van der Waals surface area contributed by atoms with Crippen molar-refractivity contribution in [1.29, 1.82) is 0 Å². The van der Waals surface area contributed by atoms with Crippen molar-refractivity contribution >= 4 is 23.6 Å². The average molecular weight is 474 g/mol. The van der Waals surface area contributed by atoms with Gasteiger partial charge in [-0.05, 0) is 66.4 Å². The number of aryl methyl sites for hydroxylation is 1. The molecule has 1 amide bonds. The number of carbonyl (C=O) groups is 2. The summed E-state index contributed by atoms with van der Waals surface area (Å²) in [5.74, 6) is 0.484. The number of amides is 1. The van der Waals surface area contributed by atoms with Crippen LogP contribution in [0.15, 0.2) is 72.8 Å². The molecule has 0 aliphatic carbocycles. The highest BCUT2D eigenvalue weighted by molar-refractivity contribution is 6.02. The molecule has 0 atom stereocenters. The number of rotatable bonds is 11. The molecule has 3 aromatic carbocycles. The van der Waals surface area contributed by atoms with Crippen LogP contribution in [-0.2, 0) is 16.1 Å². The van der Waals surface area contributed by atoms with Crippen molar-refractivity contribution < 1.29 is 23.8 Å². The van der Waals surface area contributed by atoms with Gasteiger partial charge in [-0.3, -0.25) is 4.79 Å². The first-order chi connectivity index (χ1) is 17.0. The second-order valence-corrected chi connectivity index (χ2v) is 8.02. The fraction of sp³-hybridized carbons (Fsp3) is 0.241. The summed E-state index contributed by atoms with van der Waals surface area (Å²) >= 11 is 0. The molecule has 0 unspecified atom stereocenters. The van der Waals surface area contributed by atoms with Crippen LogP contribution in [0.3, 0.4) is 0 Å². The predicted molar refractivity (Wildman–Crippen MR) is 138 cm³/mol. The number of methoxy groups -OCH3 is 1. The first-order valence-corrected chi connectivity index (χ1v) is 11.6. The van der Waals surface area contributed by atoms with Gasteiger partial charge in [0.1, 0.15) is 6.61 Å². The number of nitrogens with one attached hydrogen (secondary N) is 1.